The molecule has 0 aliphatic heterocycles. The second-order valence-electron chi connectivity index (χ2n) is 4.21. The number of hydrogen-bond donors (Lipinski definition) is 1. The van der Waals surface area contributed by atoms with Crippen LogP contribution in [0, 0.1) is 0 Å². The lowest BCUT2D eigenvalue weighted by Gasteiger charge is -2.04. The highest BCUT2D eigenvalue weighted by molar-refractivity contribution is 7.19. The van der Waals surface area contributed by atoms with Crippen LogP contribution in [0.25, 0.3) is 16.2 Å². The first kappa shape index (κ1) is 13.3. The Kier molecular flexibility index (Phi) is 4.53. The minimum Gasteiger partial charge on any atom is -0.384 e. The van der Waals surface area contributed by atoms with E-state index in [1.165, 1.54) is 26.1 Å². The monoisotopic (exact) mass is 261 g/mol. The van der Waals surface area contributed by atoms with Crippen LogP contribution >= 0.6 is 11.3 Å². The molecule has 2 aromatic rings. The topological polar surface area (TPSA) is 35.2 Å². The maximum Gasteiger partial charge on any atom is 0.0502 e. The van der Waals surface area contributed by atoms with Gasteiger partial charge in [0.05, 0.1) is 6.61 Å². The second kappa shape index (κ2) is 6.14. The summed E-state index contributed by atoms with van der Waals surface area (Å²) in [7, 11) is 1.74. The normalized spacial score (nSPS) is 11.0. The zero-order chi connectivity index (χ0) is 13.0. The third kappa shape index (κ3) is 2.48. The van der Waals surface area contributed by atoms with Crippen molar-refractivity contribution in [2.75, 3.05) is 20.3 Å². The Balaban J connectivity index is 2.55. The predicted molar refractivity (Wildman–Crippen MR) is 80.3 cm³/mol. The molecule has 0 amide bonds. The van der Waals surface area contributed by atoms with Crippen molar-refractivity contribution >= 4 is 27.5 Å². The van der Waals surface area contributed by atoms with Crippen LogP contribution < -0.4 is 5.73 Å². The van der Waals surface area contributed by atoms with Crippen molar-refractivity contribution in [3.8, 4) is 0 Å². The SMILES string of the molecule is C=Cc1c(CCN)sc2cccc(CCOC)c12. The van der Waals surface area contributed by atoms with Crippen molar-refractivity contribution in [2.24, 2.45) is 5.73 Å². The molecule has 1 heterocycles. The molecule has 1 aromatic carbocycles. The van der Waals surface area contributed by atoms with Crippen LogP contribution in [0.2, 0.25) is 0 Å². The summed E-state index contributed by atoms with van der Waals surface area (Å²) in [6.45, 7) is 5.38. The number of fused-ring (bicyclic) bond motifs is 1. The molecule has 0 unspecified atom stereocenters. The fourth-order valence-electron chi connectivity index (χ4n) is 2.25. The smallest absolute Gasteiger partial charge is 0.0502 e. The summed E-state index contributed by atoms with van der Waals surface area (Å²) in [5.41, 5.74) is 8.27. The number of methoxy groups -OCH3 is 1. The van der Waals surface area contributed by atoms with E-state index in [0.29, 0.717) is 6.54 Å². The molecule has 0 saturated carbocycles. The van der Waals surface area contributed by atoms with Gasteiger partial charge in [0.2, 0.25) is 0 Å². The van der Waals surface area contributed by atoms with Crippen molar-refractivity contribution in [1.29, 1.82) is 0 Å². The van der Waals surface area contributed by atoms with Gasteiger partial charge in [-0.25, -0.2) is 0 Å². The molecule has 0 bridgehead atoms. The third-order valence-electron chi connectivity index (χ3n) is 3.07. The number of rotatable bonds is 6. The Labute approximate surface area is 112 Å². The maximum absolute atomic E-state index is 5.68. The number of nitrogens with two attached hydrogens (primary N) is 1. The molecule has 18 heavy (non-hydrogen) atoms. The van der Waals surface area contributed by atoms with E-state index in [1.807, 2.05) is 17.4 Å². The summed E-state index contributed by atoms with van der Waals surface area (Å²) in [6.07, 6.45) is 3.82. The van der Waals surface area contributed by atoms with Gasteiger partial charge in [0.15, 0.2) is 0 Å². The van der Waals surface area contributed by atoms with Crippen molar-refractivity contribution in [3.63, 3.8) is 0 Å². The van der Waals surface area contributed by atoms with Gasteiger partial charge in [0, 0.05) is 22.1 Å². The van der Waals surface area contributed by atoms with Crippen LogP contribution in [0.15, 0.2) is 24.8 Å². The van der Waals surface area contributed by atoms with Crippen molar-refractivity contribution < 1.29 is 4.74 Å². The average Bonchev–Trinajstić information content (AvgIpc) is 2.74. The van der Waals surface area contributed by atoms with Gasteiger partial charge in [-0.2, -0.15) is 0 Å². The van der Waals surface area contributed by atoms with Crippen LogP contribution in [0.5, 0.6) is 0 Å². The molecular weight excluding hydrogens is 242 g/mol. The van der Waals surface area contributed by atoms with E-state index in [1.54, 1.807) is 7.11 Å². The van der Waals surface area contributed by atoms with E-state index < -0.39 is 0 Å². The predicted octanol–water partition coefficient (Wildman–Crippen LogP) is 3.23. The Bertz CT molecular complexity index is 545. The largest absolute Gasteiger partial charge is 0.384 e. The van der Waals surface area contributed by atoms with E-state index >= 15 is 0 Å². The van der Waals surface area contributed by atoms with E-state index in [-0.39, 0.29) is 0 Å². The van der Waals surface area contributed by atoms with E-state index in [0.717, 1.165) is 19.4 Å². The van der Waals surface area contributed by atoms with Gasteiger partial charge in [0.25, 0.3) is 0 Å². The molecule has 3 heteroatoms. The molecular formula is C15H19NOS. The number of benzene rings is 1. The number of ether oxygens (including phenoxy) is 1. The zero-order valence-corrected chi connectivity index (χ0v) is 11.6. The van der Waals surface area contributed by atoms with Crippen LogP contribution in [0.3, 0.4) is 0 Å². The average molecular weight is 261 g/mol. The van der Waals surface area contributed by atoms with Gasteiger partial charge in [-0.15, -0.1) is 11.3 Å². The van der Waals surface area contributed by atoms with Crippen molar-refractivity contribution in [3.05, 3.63) is 40.8 Å². The lowest BCUT2D eigenvalue weighted by atomic mass is 10.0. The summed E-state index contributed by atoms with van der Waals surface area (Å²) in [5, 5.41) is 1.33. The van der Waals surface area contributed by atoms with E-state index in [2.05, 4.69) is 24.8 Å². The summed E-state index contributed by atoms with van der Waals surface area (Å²) in [5.74, 6) is 0. The van der Waals surface area contributed by atoms with Gasteiger partial charge in [-0.05, 0) is 36.6 Å². The van der Waals surface area contributed by atoms with Crippen LogP contribution in [-0.4, -0.2) is 20.3 Å². The molecule has 0 fully saturated rings. The van der Waals surface area contributed by atoms with Crippen LogP contribution in [0.4, 0.5) is 0 Å². The minimum absolute atomic E-state index is 0.682. The molecule has 0 atom stereocenters. The Hall–Kier alpha value is -1.16. The van der Waals surface area contributed by atoms with Crippen molar-refractivity contribution in [2.45, 2.75) is 12.8 Å². The lowest BCUT2D eigenvalue weighted by molar-refractivity contribution is 0.202. The number of thiophene rings is 1. The molecule has 0 radical (unpaired) electrons. The molecule has 2 nitrogen and oxygen atoms in total. The summed E-state index contributed by atoms with van der Waals surface area (Å²) in [6, 6.07) is 6.46. The Morgan fingerprint density at radius 1 is 1.39 bits per heavy atom. The molecule has 0 spiro atoms. The fourth-order valence-corrected chi connectivity index (χ4v) is 3.52. The highest BCUT2D eigenvalue weighted by atomic mass is 32.1. The van der Waals surface area contributed by atoms with Gasteiger partial charge < -0.3 is 10.5 Å². The van der Waals surface area contributed by atoms with Crippen LogP contribution in [-0.2, 0) is 17.6 Å². The highest BCUT2D eigenvalue weighted by Crippen LogP contribution is 2.35. The summed E-state index contributed by atoms with van der Waals surface area (Å²) < 4.78 is 6.50. The van der Waals surface area contributed by atoms with Gasteiger partial charge in [-0.1, -0.05) is 24.8 Å². The first-order valence-corrected chi connectivity index (χ1v) is 6.98. The molecule has 0 saturated heterocycles. The first-order chi connectivity index (χ1) is 8.81. The summed E-state index contributed by atoms with van der Waals surface area (Å²) in [4.78, 5) is 1.34. The standard InChI is InChI=1S/C15H19NOS/c1-3-12-13(7-9-16)18-14-6-4-5-11(15(12)14)8-10-17-2/h3-6H,1,7-10,16H2,2H3. The van der Waals surface area contributed by atoms with Gasteiger partial charge >= 0.3 is 0 Å². The maximum atomic E-state index is 5.68. The quantitative estimate of drug-likeness (QED) is 0.866. The molecule has 0 aliphatic rings. The summed E-state index contributed by atoms with van der Waals surface area (Å²) >= 11 is 1.83. The molecule has 0 aliphatic carbocycles. The fraction of sp³-hybridized carbons (Fsp3) is 0.333. The first-order valence-electron chi connectivity index (χ1n) is 6.16. The Morgan fingerprint density at radius 3 is 2.89 bits per heavy atom. The van der Waals surface area contributed by atoms with Gasteiger partial charge in [-0.3, -0.25) is 0 Å². The highest BCUT2D eigenvalue weighted by Gasteiger charge is 2.12. The molecule has 1 aromatic heterocycles. The zero-order valence-electron chi connectivity index (χ0n) is 10.7. The van der Waals surface area contributed by atoms with E-state index in [9.17, 15) is 0 Å². The van der Waals surface area contributed by atoms with Crippen LogP contribution in [0.1, 0.15) is 16.0 Å². The molecule has 96 valence electrons. The number of hydrogen-bond acceptors (Lipinski definition) is 3. The lowest BCUT2D eigenvalue weighted by Crippen LogP contribution is -2.02. The van der Waals surface area contributed by atoms with Gasteiger partial charge in [0.1, 0.15) is 0 Å². The second-order valence-corrected chi connectivity index (χ2v) is 5.35. The van der Waals surface area contributed by atoms with Crippen molar-refractivity contribution in [1.82, 2.24) is 0 Å². The Morgan fingerprint density at radius 2 is 2.22 bits per heavy atom. The molecule has 2 rings (SSSR count). The minimum atomic E-state index is 0.682. The molecule has 2 N–H and O–H groups in total. The third-order valence-corrected chi connectivity index (χ3v) is 4.30. The van der Waals surface area contributed by atoms with E-state index in [4.69, 9.17) is 10.5 Å².